The molecule has 1 saturated heterocycles. The predicted molar refractivity (Wildman–Crippen MR) is 119 cm³/mol. The number of hydrogen-bond acceptors (Lipinski definition) is 5. The Balaban J connectivity index is 1.74. The fourth-order valence-electron chi connectivity index (χ4n) is 3.60. The van der Waals surface area contributed by atoms with Gasteiger partial charge in [0.05, 0.1) is 0 Å². The Morgan fingerprint density at radius 2 is 1.93 bits per heavy atom. The molecular formula is C20H39N7S. The van der Waals surface area contributed by atoms with Crippen molar-refractivity contribution in [2.45, 2.75) is 77.2 Å². The van der Waals surface area contributed by atoms with Crippen LogP contribution in [0.4, 0.5) is 0 Å². The van der Waals surface area contributed by atoms with Crippen LogP contribution in [-0.4, -0.2) is 70.6 Å². The predicted octanol–water partition coefficient (Wildman–Crippen LogP) is 2.63. The maximum atomic E-state index is 4.41. The van der Waals surface area contributed by atoms with E-state index in [-0.39, 0.29) is 0 Å². The Morgan fingerprint density at radius 1 is 1.21 bits per heavy atom. The molecule has 160 valence electrons. The highest BCUT2D eigenvalue weighted by Gasteiger charge is 2.21. The lowest BCUT2D eigenvalue weighted by Gasteiger charge is -2.35. The van der Waals surface area contributed by atoms with E-state index in [2.05, 4.69) is 69.2 Å². The van der Waals surface area contributed by atoms with Crippen LogP contribution < -0.4 is 10.6 Å². The molecular weight excluding hydrogens is 370 g/mol. The first kappa shape index (κ1) is 23.0. The molecule has 1 aromatic heterocycles. The van der Waals surface area contributed by atoms with E-state index in [1.807, 2.05) is 7.05 Å². The van der Waals surface area contributed by atoms with E-state index in [4.69, 9.17) is 0 Å². The smallest absolute Gasteiger partial charge is 0.191 e. The minimum absolute atomic E-state index is 0.513. The van der Waals surface area contributed by atoms with Crippen molar-refractivity contribution >= 4 is 17.7 Å². The van der Waals surface area contributed by atoms with Gasteiger partial charge in [-0.25, -0.2) is 0 Å². The zero-order valence-electron chi connectivity index (χ0n) is 18.5. The summed E-state index contributed by atoms with van der Waals surface area (Å²) in [6, 6.07) is 1.15. The first-order valence-electron chi connectivity index (χ1n) is 10.6. The van der Waals surface area contributed by atoms with E-state index < -0.39 is 0 Å². The van der Waals surface area contributed by atoms with E-state index in [1.165, 1.54) is 12.8 Å². The zero-order chi connectivity index (χ0) is 20.5. The lowest BCUT2D eigenvalue weighted by molar-refractivity contribution is 0.167. The Bertz CT molecular complexity index is 604. The summed E-state index contributed by atoms with van der Waals surface area (Å²) in [6.07, 6.45) is 6.35. The third-order valence-electron chi connectivity index (χ3n) is 5.22. The topological polar surface area (TPSA) is 70.4 Å². The van der Waals surface area contributed by atoms with Gasteiger partial charge in [0.2, 0.25) is 0 Å². The number of nitrogens with zero attached hydrogens (tertiary/aromatic N) is 5. The largest absolute Gasteiger partial charge is 0.356 e. The van der Waals surface area contributed by atoms with E-state index >= 15 is 0 Å². The first-order valence-corrected chi connectivity index (χ1v) is 11.8. The van der Waals surface area contributed by atoms with Crippen molar-refractivity contribution < 1.29 is 0 Å². The van der Waals surface area contributed by atoms with Crippen molar-refractivity contribution in [3.8, 4) is 0 Å². The van der Waals surface area contributed by atoms with Crippen LogP contribution in [0.3, 0.4) is 0 Å². The maximum Gasteiger partial charge on any atom is 0.191 e. The molecule has 0 saturated carbocycles. The lowest BCUT2D eigenvalue weighted by atomic mass is 10.0. The summed E-state index contributed by atoms with van der Waals surface area (Å²) in [6.45, 7) is 13.2. The molecule has 2 N–H and O–H groups in total. The second kappa shape index (κ2) is 11.7. The van der Waals surface area contributed by atoms with Crippen LogP contribution in [-0.2, 0) is 13.0 Å². The van der Waals surface area contributed by atoms with Gasteiger partial charge in [-0.15, -0.1) is 10.2 Å². The number of piperidine rings is 1. The average molecular weight is 410 g/mol. The third kappa shape index (κ3) is 6.95. The van der Waals surface area contributed by atoms with Gasteiger partial charge in [0.25, 0.3) is 0 Å². The quantitative estimate of drug-likeness (QED) is 0.283. The molecule has 0 bridgehead atoms. The molecule has 8 heteroatoms. The van der Waals surface area contributed by atoms with Gasteiger partial charge in [-0.2, -0.15) is 0 Å². The zero-order valence-corrected chi connectivity index (χ0v) is 19.3. The van der Waals surface area contributed by atoms with Gasteiger partial charge in [0.15, 0.2) is 11.1 Å². The molecule has 28 heavy (non-hydrogen) atoms. The van der Waals surface area contributed by atoms with Gasteiger partial charge in [0.1, 0.15) is 5.82 Å². The number of rotatable bonds is 9. The van der Waals surface area contributed by atoms with Crippen LogP contribution in [0, 0.1) is 5.92 Å². The van der Waals surface area contributed by atoms with Crippen LogP contribution in [0.5, 0.6) is 0 Å². The number of thioether (sulfide) groups is 1. The van der Waals surface area contributed by atoms with Gasteiger partial charge in [0, 0.05) is 51.7 Å². The monoisotopic (exact) mass is 409 g/mol. The highest BCUT2D eigenvalue weighted by Crippen LogP contribution is 2.17. The SMILES string of the molecule is CN=C(NCCCc1nnc(SC)n1CC(C)C)NC1CCN(C(C)C)CC1. The number of guanidine groups is 1. The molecule has 1 aromatic rings. The lowest BCUT2D eigenvalue weighted by Crippen LogP contribution is -2.50. The molecule has 7 nitrogen and oxygen atoms in total. The summed E-state index contributed by atoms with van der Waals surface area (Å²) in [5.74, 6) is 2.59. The number of aliphatic imine (C=N–C) groups is 1. The van der Waals surface area contributed by atoms with E-state index in [1.54, 1.807) is 11.8 Å². The van der Waals surface area contributed by atoms with Crippen LogP contribution in [0.25, 0.3) is 0 Å². The van der Waals surface area contributed by atoms with Crippen LogP contribution in [0.2, 0.25) is 0 Å². The minimum Gasteiger partial charge on any atom is -0.356 e. The molecule has 0 aliphatic carbocycles. The molecule has 0 aromatic carbocycles. The number of likely N-dealkylation sites (tertiary alicyclic amines) is 1. The molecule has 0 atom stereocenters. The van der Waals surface area contributed by atoms with Gasteiger partial charge < -0.3 is 20.1 Å². The summed E-state index contributed by atoms with van der Waals surface area (Å²) in [7, 11) is 1.85. The fourth-order valence-corrected chi connectivity index (χ4v) is 4.13. The van der Waals surface area contributed by atoms with Crippen molar-refractivity contribution in [2.75, 3.05) is 32.9 Å². The standard InChI is InChI=1S/C20H39N7S/c1-15(2)14-27-18(24-25-20(27)28-6)8-7-11-22-19(21-5)23-17-9-12-26(13-10-17)16(3)4/h15-17H,7-14H2,1-6H3,(H2,21,22,23). The minimum atomic E-state index is 0.513. The third-order valence-corrected chi connectivity index (χ3v) is 5.88. The molecule has 1 fully saturated rings. The van der Waals surface area contributed by atoms with Crippen molar-refractivity contribution in [1.29, 1.82) is 0 Å². The van der Waals surface area contributed by atoms with Gasteiger partial charge in [-0.05, 0) is 45.3 Å². The number of aryl methyl sites for hydroxylation is 1. The Morgan fingerprint density at radius 3 is 2.50 bits per heavy atom. The molecule has 0 radical (unpaired) electrons. The van der Waals surface area contributed by atoms with Crippen molar-refractivity contribution in [2.24, 2.45) is 10.9 Å². The molecule has 0 spiro atoms. The second-order valence-corrected chi connectivity index (χ2v) is 9.03. The van der Waals surface area contributed by atoms with Crippen LogP contribution >= 0.6 is 11.8 Å². The number of aromatic nitrogens is 3. The average Bonchev–Trinajstić information content (AvgIpc) is 3.05. The highest BCUT2D eigenvalue weighted by molar-refractivity contribution is 7.98. The van der Waals surface area contributed by atoms with Crippen LogP contribution in [0.1, 0.15) is 52.8 Å². The van der Waals surface area contributed by atoms with Crippen molar-refractivity contribution in [1.82, 2.24) is 30.3 Å². The molecule has 1 aliphatic rings. The maximum absolute atomic E-state index is 4.41. The van der Waals surface area contributed by atoms with Crippen molar-refractivity contribution in [3.05, 3.63) is 5.82 Å². The molecule has 2 heterocycles. The summed E-state index contributed by atoms with van der Waals surface area (Å²) in [4.78, 5) is 6.95. The molecule has 1 aliphatic heterocycles. The fraction of sp³-hybridized carbons (Fsp3) is 0.850. The summed E-state index contributed by atoms with van der Waals surface area (Å²) >= 11 is 1.67. The number of hydrogen-bond donors (Lipinski definition) is 2. The van der Waals surface area contributed by atoms with Gasteiger partial charge >= 0.3 is 0 Å². The van der Waals surface area contributed by atoms with Gasteiger partial charge in [-0.3, -0.25) is 4.99 Å². The summed E-state index contributed by atoms with van der Waals surface area (Å²) in [5.41, 5.74) is 0. The first-order chi connectivity index (χ1) is 13.4. The van der Waals surface area contributed by atoms with E-state index in [0.717, 1.165) is 56.0 Å². The van der Waals surface area contributed by atoms with E-state index in [0.29, 0.717) is 18.0 Å². The summed E-state index contributed by atoms with van der Waals surface area (Å²) < 4.78 is 2.27. The number of nitrogens with one attached hydrogen (secondary N) is 2. The Hall–Kier alpha value is -1.28. The normalized spacial score (nSPS) is 16.9. The van der Waals surface area contributed by atoms with Gasteiger partial charge in [-0.1, -0.05) is 25.6 Å². The second-order valence-electron chi connectivity index (χ2n) is 8.26. The van der Waals surface area contributed by atoms with Crippen molar-refractivity contribution in [3.63, 3.8) is 0 Å². The Kier molecular flexibility index (Phi) is 9.58. The molecule has 0 unspecified atom stereocenters. The van der Waals surface area contributed by atoms with Crippen LogP contribution in [0.15, 0.2) is 10.1 Å². The van der Waals surface area contributed by atoms with E-state index in [9.17, 15) is 0 Å². The highest BCUT2D eigenvalue weighted by atomic mass is 32.2. The Labute approximate surface area is 175 Å². The molecule has 0 amide bonds. The molecule has 2 rings (SSSR count). The summed E-state index contributed by atoms with van der Waals surface area (Å²) in [5, 5.41) is 16.8.